The van der Waals surface area contributed by atoms with Crippen LogP contribution in [0.25, 0.3) is 0 Å². The van der Waals surface area contributed by atoms with E-state index >= 15 is 0 Å². The van der Waals surface area contributed by atoms with Gasteiger partial charge < -0.3 is 15.8 Å². The summed E-state index contributed by atoms with van der Waals surface area (Å²) in [5, 5.41) is 3.23. The molecule has 3 N–H and O–H groups in total. The summed E-state index contributed by atoms with van der Waals surface area (Å²) in [4.78, 5) is 17.0. The molecule has 0 aliphatic carbocycles. The Balaban J connectivity index is 2.05. The van der Waals surface area contributed by atoms with Gasteiger partial charge in [-0.1, -0.05) is 17.4 Å². The second-order valence-corrected chi connectivity index (χ2v) is 6.38. The van der Waals surface area contributed by atoms with Gasteiger partial charge in [-0.3, -0.25) is 4.79 Å². The second kappa shape index (κ2) is 5.06. The molecule has 2 heterocycles. The van der Waals surface area contributed by atoms with E-state index in [1.807, 2.05) is 18.2 Å². The van der Waals surface area contributed by atoms with Gasteiger partial charge in [0.1, 0.15) is 11.6 Å². The summed E-state index contributed by atoms with van der Waals surface area (Å²) in [6.45, 7) is 0. The number of hydrogen-bond acceptors (Lipinski definition) is 5. The van der Waals surface area contributed by atoms with Gasteiger partial charge in [0, 0.05) is 12.3 Å². The number of anilines is 2. The molecule has 0 bridgehead atoms. The number of benzene rings is 1. The average Bonchev–Trinajstić information content (AvgIpc) is 2.77. The van der Waals surface area contributed by atoms with Gasteiger partial charge in [0.15, 0.2) is 5.13 Å². The maximum absolute atomic E-state index is 11.8. The van der Waals surface area contributed by atoms with Gasteiger partial charge in [-0.25, -0.2) is 4.98 Å². The molecule has 2 aromatic rings. The number of methoxy groups -OCH3 is 1. The highest BCUT2D eigenvalue weighted by atomic mass is 79.9. The lowest BCUT2D eigenvalue weighted by molar-refractivity contribution is -0.116. The van der Waals surface area contributed by atoms with Crippen LogP contribution in [0.4, 0.5) is 10.9 Å². The number of ether oxygens (including phenoxy) is 1. The van der Waals surface area contributed by atoms with Crippen molar-refractivity contribution in [1.82, 2.24) is 4.98 Å². The lowest BCUT2D eigenvalue weighted by atomic mass is 9.91. The first-order valence-electron chi connectivity index (χ1n) is 5.98. The van der Waals surface area contributed by atoms with E-state index in [4.69, 9.17) is 10.5 Å². The Hall–Kier alpha value is -1.60. The molecule has 1 aromatic carbocycles. The van der Waals surface area contributed by atoms with Crippen molar-refractivity contribution in [2.75, 3.05) is 18.2 Å². The van der Waals surface area contributed by atoms with E-state index < -0.39 is 0 Å². The highest BCUT2D eigenvalue weighted by molar-refractivity contribution is 9.10. The number of nitrogens with one attached hydrogen (secondary N) is 1. The maximum Gasteiger partial charge on any atom is 0.226 e. The summed E-state index contributed by atoms with van der Waals surface area (Å²) in [6, 6.07) is 5.82. The molecule has 0 saturated heterocycles. The molecule has 20 heavy (non-hydrogen) atoms. The van der Waals surface area contributed by atoms with Crippen molar-refractivity contribution in [1.29, 1.82) is 0 Å². The number of nitrogens with two attached hydrogens (primary N) is 1. The second-order valence-electron chi connectivity index (χ2n) is 4.46. The molecule has 1 atom stereocenters. The standard InChI is InChI=1S/C13H12BrN3O2S/c1-19-9-3-2-6(4-8(9)14)7-5-10(18)16-12-11(7)20-13(15)17-12/h2-4,7H,5H2,1H3,(H2,15,17)(H,16,18)/t7-/m1/s1. The summed E-state index contributed by atoms with van der Waals surface area (Å²) >= 11 is 4.89. The summed E-state index contributed by atoms with van der Waals surface area (Å²) < 4.78 is 6.09. The highest BCUT2D eigenvalue weighted by Crippen LogP contribution is 2.42. The summed E-state index contributed by atoms with van der Waals surface area (Å²) in [5.74, 6) is 1.29. The zero-order valence-corrected chi connectivity index (χ0v) is 13.0. The smallest absolute Gasteiger partial charge is 0.226 e. The highest BCUT2D eigenvalue weighted by Gasteiger charge is 2.30. The third kappa shape index (κ3) is 2.27. The predicted molar refractivity (Wildman–Crippen MR) is 82.3 cm³/mol. The first-order chi connectivity index (χ1) is 9.58. The van der Waals surface area contributed by atoms with Gasteiger partial charge in [-0.2, -0.15) is 0 Å². The molecule has 1 aromatic heterocycles. The Kier molecular flexibility index (Phi) is 3.39. The lowest BCUT2D eigenvalue weighted by Gasteiger charge is -2.22. The number of hydrogen-bond donors (Lipinski definition) is 2. The Morgan fingerprint density at radius 1 is 1.55 bits per heavy atom. The fraction of sp³-hybridized carbons (Fsp3) is 0.231. The molecule has 1 aliphatic heterocycles. The molecule has 1 amide bonds. The van der Waals surface area contributed by atoms with Crippen LogP contribution in [-0.2, 0) is 4.79 Å². The number of thiazole rings is 1. The molecule has 5 nitrogen and oxygen atoms in total. The molecule has 0 saturated carbocycles. The third-order valence-electron chi connectivity index (χ3n) is 3.21. The molecule has 0 unspecified atom stereocenters. The average molecular weight is 354 g/mol. The fourth-order valence-electron chi connectivity index (χ4n) is 2.30. The van der Waals surface area contributed by atoms with Crippen LogP contribution in [-0.4, -0.2) is 18.0 Å². The van der Waals surface area contributed by atoms with Crippen molar-refractivity contribution >= 4 is 44.1 Å². The number of fused-ring (bicyclic) bond motifs is 1. The molecule has 3 rings (SSSR count). The Labute approximate surface area is 128 Å². The van der Waals surface area contributed by atoms with E-state index in [2.05, 4.69) is 26.2 Å². The molecule has 0 radical (unpaired) electrons. The van der Waals surface area contributed by atoms with Crippen LogP contribution >= 0.6 is 27.3 Å². The molecular weight excluding hydrogens is 342 g/mol. The number of nitrogen functional groups attached to an aromatic ring is 1. The number of carbonyl (C=O) groups is 1. The zero-order valence-electron chi connectivity index (χ0n) is 10.6. The number of amides is 1. The predicted octanol–water partition coefficient (Wildman–Crippen LogP) is 2.97. The van der Waals surface area contributed by atoms with Crippen LogP contribution in [0.15, 0.2) is 22.7 Å². The van der Waals surface area contributed by atoms with Crippen LogP contribution in [0, 0.1) is 0 Å². The van der Waals surface area contributed by atoms with E-state index in [-0.39, 0.29) is 11.8 Å². The zero-order chi connectivity index (χ0) is 14.3. The van der Waals surface area contributed by atoms with Crippen LogP contribution < -0.4 is 15.8 Å². The van der Waals surface area contributed by atoms with Gasteiger partial charge in [0.05, 0.1) is 16.5 Å². The van der Waals surface area contributed by atoms with E-state index in [9.17, 15) is 4.79 Å². The normalized spacial score (nSPS) is 17.5. The van der Waals surface area contributed by atoms with Crippen LogP contribution in [0.5, 0.6) is 5.75 Å². The van der Waals surface area contributed by atoms with Crippen molar-refractivity contribution in [2.24, 2.45) is 0 Å². The van der Waals surface area contributed by atoms with Gasteiger partial charge in [0.25, 0.3) is 0 Å². The van der Waals surface area contributed by atoms with Crippen molar-refractivity contribution in [3.8, 4) is 5.75 Å². The first-order valence-corrected chi connectivity index (χ1v) is 7.59. The number of nitrogens with zero attached hydrogens (tertiary/aromatic N) is 1. The minimum atomic E-state index is -0.0419. The van der Waals surface area contributed by atoms with Crippen molar-refractivity contribution in [2.45, 2.75) is 12.3 Å². The van der Waals surface area contributed by atoms with E-state index in [1.165, 1.54) is 11.3 Å². The molecule has 7 heteroatoms. The van der Waals surface area contributed by atoms with E-state index in [0.29, 0.717) is 17.4 Å². The van der Waals surface area contributed by atoms with Gasteiger partial charge in [0.2, 0.25) is 5.91 Å². The number of rotatable bonds is 2. The van der Waals surface area contributed by atoms with Crippen molar-refractivity contribution < 1.29 is 9.53 Å². The quantitative estimate of drug-likeness (QED) is 0.869. The Morgan fingerprint density at radius 2 is 2.35 bits per heavy atom. The largest absolute Gasteiger partial charge is 0.496 e. The van der Waals surface area contributed by atoms with Crippen LogP contribution in [0.3, 0.4) is 0 Å². The van der Waals surface area contributed by atoms with E-state index in [0.717, 1.165) is 20.7 Å². The van der Waals surface area contributed by atoms with E-state index in [1.54, 1.807) is 7.11 Å². The molecule has 0 fully saturated rings. The summed E-state index contributed by atoms with van der Waals surface area (Å²) in [6.07, 6.45) is 0.396. The fourth-order valence-corrected chi connectivity index (χ4v) is 3.78. The third-order valence-corrected chi connectivity index (χ3v) is 4.83. The molecule has 0 spiro atoms. The topological polar surface area (TPSA) is 77.2 Å². The molecular formula is C13H12BrN3O2S. The Morgan fingerprint density at radius 3 is 3.05 bits per heavy atom. The molecule has 104 valence electrons. The number of halogens is 1. The SMILES string of the molecule is COc1ccc([C@H]2CC(=O)Nc3nc(N)sc32)cc1Br. The van der Waals surface area contributed by atoms with Gasteiger partial charge in [-0.05, 0) is 33.6 Å². The van der Waals surface area contributed by atoms with Crippen molar-refractivity contribution in [3.63, 3.8) is 0 Å². The van der Waals surface area contributed by atoms with Crippen molar-refractivity contribution in [3.05, 3.63) is 33.1 Å². The minimum Gasteiger partial charge on any atom is -0.496 e. The minimum absolute atomic E-state index is 0.0178. The molecule has 1 aliphatic rings. The lowest BCUT2D eigenvalue weighted by Crippen LogP contribution is -2.22. The number of aromatic nitrogens is 1. The van der Waals surface area contributed by atoms with Crippen LogP contribution in [0.1, 0.15) is 22.8 Å². The first kappa shape index (κ1) is 13.4. The van der Waals surface area contributed by atoms with Crippen LogP contribution in [0.2, 0.25) is 0 Å². The summed E-state index contributed by atoms with van der Waals surface area (Å²) in [7, 11) is 1.62. The maximum atomic E-state index is 11.8. The monoisotopic (exact) mass is 353 g/mol. The summed E-state index contributed by atoms with van der Waals surface area (Å²) in [5.41, 5.74) is 6.79. The van der Waals surface area contributed by atoms with Gasteiger partial charge >= 0.3 is 0 Å². The number of carbonyl (C=O) groups excluding carboxylic acids is 1. The Bertz CT molecular complexity index is 686. The van der Waals surface area contributed by atoms with Gasteiger partial charge in [-0.15, -0.1) is 0 Å².